The van der Waals surface area contributed by atoms with Crippen molar-refractivity contribution in [2.24, 2.45) is 0 Å². The molecule has 0 heterocycles. The van der Waals surface area contributed by atoms with Crippen LogP contribution in [-0.4, -0.2) is 17.8 Å². The van der Waals surface area contributed by atoms with Gasteiger partial charge in [-0.25, -0.2) is 0 Å². The molecule has 0 saturated carbocycles. The molecule has 0 fully saturated rings. The summed E-state index contributed by atoms with van der Waals surface area (Å²) in [5.74, 6) is 0.403. The number of benzene rings is 1. The van der Waals surface area contributed by atoms with Gasteiger partial charge in [0, 0.05) is 18.8 Å². The molecular weight excluding hydrogens is 198 g/mol. The number of amides is 1. The molecule has 1 rings (SSSR count). The largest absolute Gasteiger partial charge is 0.352 e. The lowest BCUT2D eigenvalue weighted by Gasteiger charge is -2.14. The quantitative estimate of drug-likeness (QED) is 0.759. The highest BCUT2D eigenvalue weighted by Crippen LogP contribution is 2.04. The van der Waals surface area contributed by atoms with E-state index in [0.29, 0.717) is 5.88 Å². The van der Waals surface area contributed by atoms with Crippen molar-refractivity contribution in [3.63, 3.8) is 0 Å². The lowest BCUT2D eigenvalue weighted by atomic mass is 10.1. The van der Waals surface area contributed by atoms with Crippen molar-refractivity contribution in [2.75, 3.05) is 5.88 Å². The predicted octanol–water partition coefficient (Wildman–Crippen LogP) is 1.97. The molecule has 1 atom stereocenters. The van der Waals surface area contributed by atoms with Gasteiger partial charge in [0.15, 0.2) is 0 Å². The van der Waals surface area contributed by atoms with E-state index in [9.17, 15) is 4.79 Å². The van der Waals surface area contributed by atoms with Gasteiger partial charge in [0.1, 0.15) is 0 Å². The molecule has 3 heteroatoms. The van der Waals surface area contributed by atoms with Gasteiger partial charge < -0.3 is 5.32 Å². The molecule has 0 bridgehead atoms. The van der Waals surface area contributed by atoms with E-state index >= 15 is 0 Å². The Balaban J connectivity index is 2.53. The van der Waals surface area contributed by atoms with Crippen LogP contribution in [0.5, 0.6) is 0 Å². The molecular formula is C11H14ClNO. The summed E-state index contributed by atoms with van der Waals surface area (Å²) in [4.78, 5) is 10.8. The zero-order valence-corrected chi connectivity index (χ0v) is 8.92. The van der Waals surface area contributed by atoms with Gasteiger partial charge in [0.2, 0.25) is 5.91 Å². The van der Waals surface area contributed by atoms with Gasteiger partial charge in [-0.3, -0.25) is 4.79 Å². The van der Waals surface area contributed by atoms with Crippen molar-refractivity contribution in [2.45, 2.75) is 19.4 Å². The molecule has 0 saturated heterocycles. The Morgan fingerprint density at radius 1 is 1.43 bits per heavy atom. The number of halogens is 1. The maximum Gasteiger partial charge on any atom is 0.217 e. The Morgan fingerprint density at radius 3 is 2.57 bits per heavy atom. The summed E-state index contributed by atoms with van der Waals surface area (Å²) >= 11 is 5.75. The van der Waals surface area contributed by atoms with Crippen molar-refractivity contribution in [1.82, 2.24) is 5.32 Å². The van der Waals surface area contributed by atoms with E-state index in [0.717, 1.165) is 6.42 Å². The Kier molecular flexibility index (Phi) is 4.47. The van der Waals surface area contributed by atoms with Crippen LogP contribution in [0.15, 0.2) is 30.3 Å². The first-order chi connectivity index (χ1) is 6.72. The van der Waals surface area contributed by atoms with Crippen LogP contribution in [0.25, 0.3) is 0 Å². The van der Waals surface area contributed by atoms with Gasteiger partial charge in [0.25, 0.3) is 0 Å². The summed E-state index contributed by atoms with van der Waals surface area (Å²) in [6.45, 7) is 1.50. The summed E-state index contributed by atoms with van der Waals surface area (Å²) in [5, 5.41) is 2.81. The molecule has 0 aliphatic heterocycles. The molecule has 0 aliphatic rings. The molecule has 0 spiro atoms. The van der Waals surface area contributed by atoms with E-state index < -0.39 is 0 Å². The van der Waals surface area contributed by atoms with Gasteiger partial charge in [-0.15, -0.1) is 11.6 Å². The molecule has 1 N–H and O–H groups in total. The van der Waals surface area contributed by atoms with E-state index in [1.165, 1.54) is 12.5 Å². The van der Waals surface area contributed by atoms with Crippen LogP contribution in [0.1, 0.15) is 12.5 Å². The summed E-state index contributed by atoms with van der Waals surface area (Å²) in [6.07, 6.45) is 0.782. The summed E-state index contributed by atoms with van der Waals surface area (Å²) in [6, 6.07) is 10.0. The van der Waals surface area contributed by atoms with Crippen LogP contribution in [0.2, 0.25) is 0 Å². The van der Waals surface area contributed by atoms with Crippen LogP contribution in [0.4, 0.5) is 0 Å². The molecule has 1 aromatic carbocycles. The molecule has 0 aromatic heterocycles. The highest BCUT2D eigenvalue weighted by Gasteiger charge is 2.08. The second-order valence-corrected chi connectivity index (χ2v) is 3.55. The number of rotatable bonds is 4. The fourth-order valence-electron chi connectivity index (χ4n) is 1.33. The maximum atomic E-state index is 10.8. The van der Waals surface area contributed by atoms with Crippen LogP contribution in [-0.2, 0) is 11.2 Å². The van der Waals surface area contributed by atoms with Crippen molar-refractivity contribution in [3.05, 3.63) is 35.9 Å². The zero-order valence-electron chi connectivity index (χ0n) is 8.16. The summed E-state index contributed by atoms with van der Waals surface area (Å²) < 4.78 is 0. The van der Waals surface area contributed by atoms with Crippen LogP contribution >= 0.6 is 11.6 Å². The lowest BCUT2D eigenvalue weighted by molar-refractivity contribution is -0.119. The predicted molar refractivity (Wildman–Crippen MR) is 58.5 cm³/mol. The second-order valence-electron chi connectivity index (χ2n) is 3.24. The lowest BCUT2D eigenvalue weighted by Crippen LogP contribution is -2.36. The Bertz CT molecular complexity index is 287. The molecule has 1 amide bonds. The Labute approximate surface area is 89.3 Å². The normalized spacial score (nSPS) is 12.1. The first-order valence-corrected chi connectivity index (χ1v) is 5.13. The number of hydrogen-bond acceptors (Lipinski definition) is 1. The van der Waals surface area contributed by atoms with Gasteiger partial charge in [0.05, 0.1) is 0 Å². The number of alkyl halides is 1. The third-order valence-corrected chi connectivity index (χ3v) is 2.29. The summed E-state index contributed by atoms with van der Waals surface area (Å²) in [7, 11) is 0. The second kappa shape index (κ2) is 5.66. The third kappa shape index (κ3) is 3.79. The maximum absolute atomic E-state index is 10.8. The highest BCUT2D eigenvalue weighted by atomic mass is 35.5. The monoisotopic (exact) mass is 211 g/mol. The standard InChI is InChI=1S/C11H14ClNO/c1-9(14)13-11(8-12)7-10-5-3-2-4-6-10/h2-6,11H,7-8H2,1H3,(H,13,14)/t11-/m0/s1. The Hall–Kier alpha value is -1.02. The average Bonchev–Trinajstić information content (AvgIpc) is 2.17. The van der Waals surface area contributed by atoms with E-state index in [1.807, 2.05) is 30.3 Å². The number of carbonyl (C=O) groups excluding carboxylic acids is 1. The third-order valence-electron chi connectivity index (χ3n) is 1.92. The van der Waals surface area contributed by atoms with Gasteiger partial charge in [-0.2, -0.15) is 0 Å². The molecule has 1 aromatic rings. The smallest absolute Gasteiger partial charge is 0.217 e. The topological polar surface area (TPSA) is 29.1 Å². The molecule has 2 nitrogen and oxygen atoms in total. The van der Waals surface area contributed by atoms with E-state index in [-0.39, 0.29) is 11.9 Å². The van der Waals surface area contributed by atoms with Crippen LogP contribution in [0, 0.1) is 0 Å². The minimum absolute atomic E-state index is 0.0246. The van der Waals surface area contributed by atoms with E-state index in [2.05, 4.69) is 5.32 Å². The molecule has 76 valence electrons. The van der Waals surface area contributed by atoms with Gasteiger partial charge >= 0.3 is 0 Å². The summed E-state index contributed by atoms with van der Waals surface area (Å²) in [5.41, 5.74) is 1.19. The molecule has 0 aliphatic carbocycles. The fraction of sp³-hybridized carbons (Fsp3) is 0.364. The molecule has 14 heavy (non-hydrogen) atoms. The van der Waals surface area contributed by atoms with Crippen LogP contribution < -0.4 is 5.32 Å². The molecule has 0 radical (unpaired) electrons. The molecule has 0 unspecified atom stereocenters. The van der Waals surface area contributed by atoms with Gasteiger partial charge in [-0.05, 0) is 12.0 Å². The first-order valence-electron chi connectivity index (χ1n) is 4.59. The van der Waals surface area contributed by atoms with E-state index in [4.69, 9.17) is 11.6 Å². The minimum atomic E-state index is -0.0356. The van der Waals surface area contributed by atoms with Gasteiger partial charge in [-0.1, -0.05) is 30.3 Å². The number of carbonyl (C=O) groups is 1. The minimum Gasteiger partial charge on any atom is -0.352 e. The van der Waals surface area contributed by atoms with Crippen LogP contribution in [0.3, 0.4) is 0 Å². The highest BCUT2D eigenvalue weighted by molar-refractivity contribution is 6.18. The van der Waals surface area contributed by atoms with Crippen molar-refractivity contribution >= 4 is 17.5 Å². The fourth-order valence-corrected chi connectivity index (χ4v) is 1.52. The average molecular weight is 212 g/mol. The first kappa shape index (κ1) is 11.1. The number of hydrogen-bond donors (Lipinski definition) is 1. The van der Waals surface area contributed by atoms with E-state index in [1.54, 1.807) is 0 Å². The Morgan fingerprint density at radius 2 is 2.07 bits per heavy atom. The SMILES string of the molecule is CC(=O)N[C@H](CCl)Cc1ccccc1. The number of nitrogens with one attached hydrogen (secondary N) is 1. The van der Waals surface area contributed by atoms with Crippen molar-refractivity contribution in [1.29, 1.82) is 0 Å². The van der Waals surface area contributed by atoms with Crippen molar-refractivity contribution in [3.8, 4) is 0 Å². The zero-order chi connectivity index (χ0) is 10.4. The van der Waals surface area contributed by atoms with Crippen molar-refractivity contribution < 1.29 is 4.79 Å².